The van der Waals surface area contributed by atoms with E-state index >= 15 is 0 Å². The molecule has 0 spiro atoms. The summed E-state index contributed by atoms with van der Waals surface area (Å²) < 4.78 is 35.3. The second-order valence-electron chi connectivity index (χ2n) is 8.41. The van der Waals surface area contributed by atoms with E-state index in [0.717, 1.165) is 17.4 Å². The molecule has 8 nitrogen and oxygen atoms in total. The largest absolute Gasteiger partial charge is 0.491 e. The summed E-state index contributed by atoms with van der Waals surface area (Å²) in [6, 6.07) is 10.6. The van der Waals surface area contributed by atoms with Gasteiger partial charge in [-0.05, 0) is 35.4 Å². The van der Waals surface area contributed by atoms with Crippen LogP contribution >= 0.6 is 34.8 Å². The smallest absolute Gasteiger partial charge is 0.211 e. The van der Waals surface area contributed by atoms with Gasteiger partial charge in [0.05, 0.1) is 22.2 Å². The molecule has 34 heavy (non-hydrogen) atoms. The average molecular weight is 557 g/mol. The molecular weight excluding hydrogens is 529 g/mol. The minimum absolute atomic E-state index is 0.0787. The number of halogens is 3. The molecule has 0 saturated carbocycles. The zero-order valence-electron chi connectivity index (χ0n) is 18.9. The molecule has 0 aromatic heterocycles. The molecule has 0 saturated heterocycles. The van der Waals surface area contributed by atoms with Crippen molar-refractivity contribution in [2.75, 3.05) is 31.9 Å². The average Bonchev–Trinajstić information content (AvgIpc) is 2.75. The molecule has 0 fully saturated rings. The van der Waals surface area contributed by atoms with E-state index in [1.54, 1.807) is 24.3 Å². The maximum absolute atomic E-state index is 11.1. The molecule has 0 bridgehead atoms. The minimum Gasteiger partial charge on any atom is -0.491 e. The van der Waals surface area contributed by atoms with Crippen LogP contribution in [0.25, 0.3) is 0 Å². The molecule has 0 aliphatic rings. The molecule has 0 heterocycles. The van der Waals surface area contributed by atoms with Crippen LogP contribution in [0.1, 0.15) is 25.0 Å². The number of sulfonamides is 1. The van der Waals surface area contributed by atoms with Gasteiger partial charge >= 0.3 is 0 Å². The zero-order valence-corrected chi connectivity index (χ0v) is 22.0. The Morgan fingerprint density at radius 1 is 1.03 bits per heavy atom. The first-order valence-electron chi connectivity index (χ1n) is 10.1. The summed E-state index contributed by atoms with van der Waals surface area (Å²) in [6.45, 7) is 3.23. The topological polar surface area (TPSA) is 125 Å². The molecule has 0 radical (unpaired) electrons. The SMILES string of the molecule is CC(C)(c1ccc(OC[C@H](O)CNS(C)(=O)=O)cc1)c1cc(Cl)c(OCC(O)(O)CCl)c(Cl)c1. The zero-order chi connectivity index (χ0) is 25.7. The number of nitrogens with one attached hydrogen (secondary N) is 1. The highest BCUT2D eigenvalue weighted by molar-refractivity contribution is 7.88. The Balaban J connectivity index is 2.10. The lowest BCUT2D eigenvalue weighted by Gasteiger charge is -2.28. The van der Waals surface area contributed by atoms with Crippen LogP contribution in [0.3, 0.4) is 0 Å². The van der Waals surface area contributed by atoms with Crippen molar-refractivity contribution < 1.29 is 33.2 Å². The van der Waals surface area contributed by atoms with E-state index in [9.17, 15) is 23.7 Å². The standard InChI is InChI=1S/C22H28Cl3NO7S/c1-21(2,15-8-18(24)20(19(25)9-15)33-13-22(28,29)12-23)14-4-6-17(7-5-14)32-11-16(27)10-26-34(3,30)31/h4-9,16,26-29H,10-13H2,1-3H3/t16-/m1/s1. The second kappa shape index (κ2) is 11.6. The molecule has 0 unspecified atom stereocenters. The molecule has 2 rings (SSSR count). The van der Waals surface area contributed by atoms with Gasteiger partial charge in [0.15, 0.2) is 5.75 Å². The highest BCUT2D eigenvalue weighted by Crippen LogP contribution is 2.41. The van der Waals surface area contributed by atoms with Gasteiger partial charge in [-0.1, -0.05) is 49.2 Å². The first-order chi connectivity index (χ1) is 15.6. The first-order valence-corrected chi connectivity index (χ1v) is 13.3. The van der Waals surface area contributed by atoms with Gasteiger partial charge in [0.25, 0.3) is 0 Å². The molecule has 190 valence electrons. The van der Waals surface area contributed by atoms with E-state index < -0.39 is 39.8 Å². The van der Waals surface area contributed by atoms with E-state index in [2.05, 4.69) is 4.72 Å². The molecule has 1 atom stereocenters. The number of aliphatic hydroxyl groups excluding tert-OH is 1. The van der Waals surface area contributed by atoms with Gasteiger partial charge in [0, 0.05) is 12.0 Å². The third-order valence-electron chi connectivity index (χ3n) is 4.98. The number of alkyl halides is 1. The highest BCUT2D eigenvalue weighted by Gasteiger charge is 2.27. The third-order valence-corrected chi connectivity index (χ3v) is 6.66. The predicted octanol–water partition coefficient (Wildman–Crippen LogP) is 2.91. The number of hydrogen-bond donors (Lipinski definition) is 4. The van der Waals surface area contributed by atoms with Crippen LogP contribution < -0.4 is 14.2 Å². The summed E-state index contributed by atoms with van der Waals surface area (Å²) >= 11 is 18.2. The maximum atomic E-state index is 11.1. The van der Waals surface area contributed by atoms with Crippen molar-refractivity contribution >= 4 is 44.8 Å². The Bertz CT molecular complexity index is 1050. The van der Waals surface area contributed by atoms with Crippen LogP contribution in [-0.4, -0.2) is 67.5 Å². The van der Waals surface area contributed by atoms with Gasteiger partial charge in [0.2, 0.25) is 15.8 Å². The number of ether oxygens (including phenoxy) is 2. The van der Waals surface area contributed by atoms with E-state index in [1.165, 1.54) is 0 Å². The molecule has 2 aromatic carbocycles. The fraction of sp³-hybridized carbons (Fsp3) is 0.455. The summed E-state index contributed by atoms with van der Waals surface area (Å²) in [7, 11) is -3.39. The van der Waals surface area contributed by atoms with Crippen molar-refractivity contribution in [3.63, 3.8) is 0 Å². The van der Waals surface area contributed by atoms with E-state index in [0.29, 0.717) is 5.75 Å². The van der Waals surface area contributed by atoms with Gasteiger partial charge in [0.1, 0.15) is 25.1 Å². The minimum atomic E-state index is -3.39. The normalized spacial score (nSPS) is 13.6. The summed E-state index contributed by atoms with van der Waals surface area (Å²) in [5, 5.41) is 29.5. The number of hydrogen-bond acceptors (Lipinski definition) is 7. The number of benzene rings is 2. The van der Waals surface area contributed by atoms with Crippen LogP contribution in [0.15, 0.2) is 36.4 Å². The van der Waals surface area contributed by atoms with Crippen molar-refractivity contribution in [3.05, 3.63) is 57.6 Å². The first kappa shape index (κ1) is 28.9. The van der Waals surface area contributed by atoms with E-state index in [-0.39, 0.29) is 28.9 Å². The highest BCUT2D eigenvalue weighted by atomic mass is 35.5. The predicted molar refractivity (Wildman–Crippen MR) is 133 cm³/mol. The van der Waals surface area contributed by atoms with Crippen LogP contribution in [0.5, 0.6) is 11.5 Å². The van der Waals surface area contributed by atoms with E-state index in [1.807, 2.05) is 26.0 Å². The van der Waals surface area contributed by atoms with Crippen LogP contribution in [0.4, 0.5) is 0 Å². The molecule has 2 aromatic rings. The van der Waals surface area contributed by atoms with Crippen LogP contribution in [-0.2, 0) is 15.4 Å². The number of aliphatic hydroxyl groups is 3. The Hall–Kier alpha value is -1.30. The Kier molecular flexibility index (Phi) is 9.89. The monoisotopic (exact) mass is 555 g/mol. The van der Waals surface area contributed by atoms with Crippen molar-refractivity contribution in [3.8, 4) is 11.5 Å². The van der Waals surface area contributed by atoms with Crippen LogP contribution in [0.2, 0.25) is 10.0 Å². The molecular formula is C22H28Cl3NO7S. The second-order valence-corrected chi connectivity index (χ2v) is 11.3. The summed E-state index contributed by atoms with van der Waals surface area (Å²) in [5.74, 6) is -2.03. The molecule has 0 aliphatic carbocycles. The molecule has 12 heteroatoms. The molecule has 0 aliphatic heterocycles. The molecule has 4 N–H and O–H groups in total. The van der Waals surface area contributed by atoms with Crippen molar-refractivity contribution in [1.29, 1.82) is 0 Å². The Morgan fingerprint density at radius 3 is 2.09 bits per heavy atom. The van der Waals surface area contributed by atoms with Crippen molar-refractivity contribution in [2.24, 2.45) is 0 Å². The van der Waals surface area contributed by atoms with Gasteiger partial charge < -0.3 is 24.8 Å². The maximum Gasteiger partial charge on any atom is 0.211 e. The van der Waals surface area contributed by atoms with Crippen LogP contribution in [0, 0.1) is 0 Å². The fourth-order valence-electron chi connectivity index (χ4n) is 2.92. The fourth-order valence-corrected chi connectivity index (χ4v) is 4.09. The summed E-state index contributed by atoms with van der Waals surface area (Å²) in [4.78, 5) is 0. The van der Waals surface area contributed by atoms with Gasteiger partial charge in [-0.25, -0.2) is 13.1 Å². The number of rotatable bonds is 12. The van der Waals surface area contributed by atoms with Gasteiger partial charge in [-0.15, -0.1) is 11.6 Å². The Morgan fingerprint density at radius 2 is 1.59 bits per heavy atom. The lowest BCUT2D eigenvalue weighted by atomic mass is 9.78. The Labute approximate surface area is 214 Å². The lowest BCUT2D eigenvalue weighted by molar-refractivity contribution is -0.162. The van der Waals surface area contributed by atoms with Gasteiger partial charge in [-0.3, -0.25) is 0 Å². The lowest BCUT2D eigenvalue weighted by Crippen LogP contribution is -2.37. The summed E-state index contributed by atoms with van der Waals surface area (Å²) in [5.41, 5.74) is 1.20. The van der Waals surface area contributed by atoms with E-state index in [4.69, 9.17) is 44.3 Å². The van der Waals surface area contributed by atoms with Crippen molar-refractivity contribution in [2.45, 2.75) is 31.2 Å². The molecule has 0 amide bonds. The summed E-state index contributed by atoms with van der Waals surface area (Å²) in [6.07, 6.45) is 0.0140. The third kappa shape index (κ3) is 8.42. The van der Waals surface area contributed by atoms with Crippen molar-refractivity contribution in [1.82, 2.24) is 4.72 Å². The quantitative estimate of drug-likeness (QED) is 0.234. The van der Waals surface area contributed by atoms with Gasteiger partial charge in [-0.2, -0.15) is 0 Å².